The number of Topliss-reactive ketones (excluding diaryl/α,β-unsaturated/α-hetero) is 1. The number of piperidine rings is 1. The maximum absolute atomic E-state index is 12.6. The van der Waals surface area contributed by atoms with Crippen LogP contribution in [-0.2, 0) is 23.8 Å². The summed E-state index contributed by atoms with van der Waals surface area (Å²) in [6.45, 7) is 8.41. The lowest BCUT2D eigenvalue weighted by Gasteiger charge is -2.40. The van der Waals surface area contributed by atoms with Crippen molar-refractivity contribution in [3.05, 3.63) is 0 Å². The summed E-state index contributed by atoms with van der Waals surface area (Å²) in [5, 5.41) is 0. The molecule has 1 heterocycles. The highest BCUT2D eigenvalue weighted by Gasteiger charge is 2.43. The van der Waals surface area contributed by atoms with Gasteiger partial charge in [-0.15, -0.1) is 0 Å². The van der Waals surface area contributed by atoms with Crippen molar-refractivity contribution in [1.29, 1.82) is 0 Å². The Morgan fingerprint density at radius 2 is 1.71 bits per heavy atom. The van der Waals surface area contributed by atoms with Crippen LogP contribution in [0.2, 0.25) is 0 Å². The molecule has 0 saturated carbocycles. The Kier molecular flexibility index (Phi) is 7.20. The Morgan fingerprint density at radius 1 is 1.12 bits per heavy atom. The molecular weight excluding hydrogens is 314 g/mol. The number of methoxy groups -OCH3 is 1. The van der Waals surface area contributed by atoms with Gasteiger partial charge in [0.1, 0.15) is 12.0 Å². The number of carbonyl (C=O) groups excluding carboxylic acids is 3. The van der Waals surface area contributed by atoms with Gasteiger partial charge in [-0.05, 0) is 40.5 Å². The zero-order valence-electron chi connectivity index (χ0n) is 15.3. The molecule has 0 atom stereocenters. The first-order chi connectivity index (χ1) is 11.1. The van der Waals surface area contributed by atoms with E-state index in [9.17, 15) is 14.4 Å². The zero-order chi connectivity index (χ0) is 18.4. The molecule has 0 spiro atoms. The molecule has 138 valence electrons. The Bertz CT molecular complexity index is 460. The molecule has 1 rings (SSSR count). The summed E-state index contributed by atoms with van der Waals surface area (Å²) in [5.74, 6) is -0.709. The Hall–Kier alpha value is -1.63. The first-order valence-corrected chi connectivity index (χ1v) is 8.29. The number of amides is 1. The summed E-state index contributed by atoms with van der Waals surface area (Å²) in [6.07, 6.45) is 0.242. The van der Waals surface area contributed by atoms with Crippen LogP contribution in [0, 0.1) is 5.41 Å². The van der Waals surface area contributed by atoms with Crippen LogP contribution in [0.5, 0.6) is 0 Å². The smallest absolute Gasteiger partial charge is 0.410 e. The molecule has 0 aromatic rings. The minimum absolute atomic E-state index is 0.188. The number of hydrogen-bond acceptors (Lipinski definition) is 6. The van der Waals surface area contributed by atoms with Crippen molar-refractivity contribution >= 4 is 17.8 Å². The molecule has 1 fully saturated rings. The molecule has 1 saturated heterocycles. The van der Waals surface area contributed by atoms with Gasteiger partial charge in [0.25, 0.3) is 0 Å². The SMILES string of the molecule is CCOC(=O)CC(=O)C1(COC)CCN(C(=O)OC(C)(C)C)CC1. The van der Waals surface area contributed by atoms with E-state index in [4.69, 9.17) is 14.2 Å². The predicted molar refractivity (Wildman–Crippen MR) is 87.6 cm³/mol. The van der Waals surface area contributed by atoms with Crippen LogP contribution in [0.3, 0.4) is 0 Å². The molecule has 1 aliphatic heterocycles. The van der Waals surface area contributed by atoms with Crippen LogP contribution in [0.1, 0.15) is 47.0 Å². The summed E-state index contributed by atoms with van der Waals surface area (Å²) in [7, 11) is 1.53. The third-order valence-corrected chi connectivity index (χ3v) is 3.99. The number of nitrogens with zero attached hydrogens (tertiary/aromatic N) is 1. The third-order valence-electron chi connectivity index (χ3n) is 3.99. The highest BCUT2D eigenvalue weighted by Crippen LogP contribution is 2.34. The number of ketones is 1. The molecule has 0 aromatic heterocycles. The number of likely N-dealkylation sites (tertiary alicyclic amines) is 1. The van der Waals surface area contributed by atoms with E-state index in [-0.39, 0.29) is 31.5 Å². The van der Waals surface area contributed by atoms with Crippen LogP contribution >= 0.6 is 0 Å². The van der Waals surface area contributed by atoms with Gasteiger partial charge in [0, 0.05) is 20.2 Å². The van der Waals surface area contributed by atoms with Gasteiger partial charge in [0.2, 0.25) is 0 Å². The van der Waals surface area contributed by atoms with E-state index in [0.717, 1.165) is 0 Å². The Labute approximate surface area is 143 Å². The Morgan fingerprint density at radius 3 is 2.17 bits per heavy atom. The van der Waals surface area contributed by atoms with Crippen molar-refractivity contribution in [2.45, 2.75) is 52.6 Å². The van der Waals surface area contributed by atoms with Crippen molar-refractivity contribution < 1.29 is 28.6 Å². The topological polar surface area (TPSA) is 82.1 Å². The van der Waals surface area contributed by atoms with Crippen molar-refractivity contribution in [2.75, 3.05) is 33.4 Å². The van der Waals surface area contributed by atoms with E-state index in [2.05, 4.69) is 0 Å². The summed E-state index contributed by atoms with van der Waals surface area (Å²) in [6, 6.07) is 0. The van der Waals surface area contributed by atoms with Gasteiger partial charge in [0.15, 0.2) is 5.78 Å². The second-order valence-corrected chi connectivity index (χ2v) is 7.09. The van der Waals surface area contributed by atoms with E-state index >= 15 is 0 Å². The quantitative estimate of drug-likeness (QED) is 0.543. The predicted octanol–water partition coefficient (Wildman–Crippen LogP) is 2.17. The fourth-order valence-corrected chi connectivity index (χ4v) is 2.75. The highest BCUT2D eigenvalue weighted by molar-refractivity contribution is 5.99. The summed E-state index contributed by atoms with van der Waals surface area (Å²) >= 11 is 0. The van der Waals surface area contributed by atoms with Crippen LogP contribution in [0.4, 0.5) is 4.79 Å². The number of ether oxygens (including phenoxy) is 3. The average Bonchev–Trinajstić information content (AvgIpc) is 2.46. The molecule has 24 heavy (non-hydrogen) atoms. The number of carbonyl (C=O) groups is 3. The minimum atomic E-state index is -0.750. The molecule has 7 nitrogen and oxygen atoms in total. The Balaban J connectivity index is 2.70. The van der Waals surface area contributed by atoms with Gasteiger partial charge < -0.3 is 19.1 Å². The van der Waals surface area contributed by atoms with Crippen LogP contribution in [0.25, 0.3) is 0 Å². The maximum Gasteiger partial charge on any atom is 0.410 e. The van der Waals surface area contributed by atoms with Gasteiger partial charge >= 0.3 is 12.1 Å². The normalized spacial score (nSPS) is 17.3. The van der Waals surface area contributed by atoms with Gasteiger partial charge in [-0.25, -0.2) is 4.79 Å². The third kappa shape index (κ3) is 5.78. The van der Waals surface area contributed by atoms with Crippen molar-refractivity contribution in [3.63, 3.8) is 0 Å². The van der Waals surface area contributed by atoms with Crippen LogP contribution in [-0.4, -0.2) is 61.8 Å². The first kappa shape index (κ1) is 20.4. The zero-order valence-corrected chi connectivity index (χ0v) is 15.3. The molecule has 0 bridgehead atoms. The molecule has 1 aliphatic rings. The van der Waals surface area contributed by atoms with Gasteiger partial charge in [-0.3, -0.25) is 9.59 Å². The molecule has 0 aliphatic carbocycles. The van der Waals surface area contributed by atoms with E-state index in [1.54, 1.807) is 11.8 Å². The van der Waals surface area contributed by atoms with Gasteiger partial charge in [-0.1, -0.05) is 0 Å². The van der Waals surface area contributed by atoms with E-state index in [1.807, 2.05) is 20.8 Å². The van der Waals surface area contributed by atoms with Crippen molar-refractivity contribution in [2.24, 2.45) is 5.41 Å². The fraction of sp³-hybridized carbons (Fsp3) is 0.824. The minimum Gasteiger partial charge on any atom is -0.466 e. The molecule has 0 radical (unpaired) electrons. The molecule has 0 aromatic carbocycles. The summed E-state index contributed by atoms with van der Waals surface area (Å²) < 4.78 is 15.4. The lowest BCUT2D eigenvalue weighted by Crippen LogP contribution is -2.50. The van der Waals surface area contributed by atoms with Crippen LogP contribution < -0.4 is 0 Å². The summed E-state index contributed by atoms with van der Waals surface area (Å²) in [5.41, 5.74) is -1.31. The summed E-state index contributed by atoms with van der Waals surface area (Å²) in [4.78, 5) is 37.9. The fourth-order valence-electron chi connectivity index (χ4n) is 2.75. The largest absolute Gasteiger partial charge is 0.466 e. The number of hydrogen-bond donors (Lipinski definition) is 0. The second-order valence-electron chi connectivity index (χ2n) is 7.09. The molecule has 0 N–H and O–H groups in total. The lowest BCUT2D eigenvalue weighted by molar-refractivity contribution is -0.150. The van der Waals surface area contributed by atoms with E-state index < -0.39 is 17.0 Å². The number of rotatable bonds is 6. The van der Waals surface area contributed by atoms with Gasteiger partial charge in [0.05, 0.1) is 18.6 Å². The number of esters is 1. The second kappa shape index (κ2) is 8.46. The van der Waals surface area contributed by atoms with Crippen molar-refractivity contribution in [1.82, 2.24) is 4.90 Å². The first-order valence-electron chi connectivity index (χ1n) is 8.29. The monoisotopic (exact) mass is 343 g/mol. The van der Waals surface area contributed by atoms with E-state index in [0.29, 0.717) is 25.9 Å². The highest BCUT2D eigenvalue weighted by atomic mass is 16.6. The standard InChI is InChI=1S/C17H29NO6/c1-6-23-14(20)11-13(19)17(12-22-5)7-9-18(10-8-17)15(21)24-16(2,3)4/h6-12H2,1-5H3. The molecule has 0 unspecified atom stereocenters. The maximum atomic E-state index is 12.6. The molecule has 7 heteroatoms. The lowest BCUT2D eigenvalue weighted by atomic mass is 9.74. The van der Waals surface area contributed by atoms with Crippen molar-refractivity contribution in [3.8, 4) is 0 Å². The van der Waals surface area contributed by atoms with E-state index in [1.165, 1.54) is 7.11 Å². The molecule has 1 amide bonds. The van der Waals surface area contributed by atoms with Gasteiger partial charge in [-0.2, -0.15) is 0 Å². The van der Waals surface area contributed by atoms with Crippen LogP contribution in [0.15, 0.2) is 0 Å². The molecular formula is C17H29NO6. The average molecular weight is 343 g/mol.